The van der Waals surface area contributed by atoms with Crippen molar-refractivity contribution in [3.05, 3.63) is 23.9 Å². The van der Waals surface area contributed by atoms with Crippen LogP contribution in [0.3, 0.4) is 0 Å². The van der Waals surface area contributed by atoms with Gasteiger partial charge in [-0.2, -0.15) is 0 Å². The number of nitrogens with one attached hydrogen (secondary N) is 1. The van der Waals surface area contributed by atoms with Gasteiger partial charge in [-0.25, -0.2) is 4.98 Å². The Morgan fingerprint density at radius 1 is 1.44 bits per heavy atom. The van der Waals surface area contributed by atoms with Crippen molar-refractivity contribution in [1.29, 1.82) is 0 Å². The molecule has 0 radical (unpaired) electrons. The van der Waals surface area contributed by atoms with Gasteiger partial charge in [-0.1, -0.05) is 0 Å². The van der Waals surface area contributed by atoms with E-state index in [1.807, 2.05) is 6.07 Å². The van der Waals surface area contributed by atoms with Gasteiger partial charge in [0, 0.05) is 25.8 Å². The normalized spacial score (nSPS) is 12.0. The fourth-order valence-electron chi connectivity index (χ4n) is 1.60. The number of aliphatic hydroxyl groups is 1. The van der Waals surface area contributed by atoms with Gasteiger partial charge in [0.2, 0.25) is 0 Å². The number of carbonyl (C=O) groups is 1. The molecule has 1 heterocycles. The molecule has 0 fully saturated rings. The van der Waals surface area contributed by atoms with Crippen molar-refractivity contribution in [3.63, 3.8) is 0 Å². The molecule has 0 aromatic carbocycles. The minimum atomic E-state index is -0.545. The third-order valence-electron chi connectivity index (χ3n) is 2.66. The average Bonchev–Trinajstić information content (AvgIpc) is 2.38. The highest BCUT2D eigenvalue weighted by Gasteiger charge is 2.08. The van der Waals surface area contributed by atoms with Crippen molar-refractivity contribution in [3.8, 4) is 0 Å². The Balaban J connectivity index is 2.67. The zero-order valence-electron chi connectivity index (χ0n) is 11.2. The molecule has 100 valence electrons. The maximum Gasteiger partial charge on any atom is 0.252 e. The average molecular weight is 251 g/mol. The van der Waals surface area contributed by atoms with Crippen molar-refractivity contribution in [1.82, 2.24) is 10.3 Å². The molecule has 1 amide bonds. The van der Waals surface area contributed by atoms with E-state index in [9.17, 15) is 4.79 Å². The molecule has 0 spiro atoms. The van der Waals surface area contributed by atoms with E-state index in [0.29, 0.717) is 5.56 Å². The summed E-state index contributed by atoms with van der Waals surface area (Å²) >= 11 is 0. The number of pyridine rings is 1. The monoisotopic (exact) mass is 251 g/mol. The van der Waals surface area contributed by atoms with Gasteiger partial charge in [0.15, 0.2) is 0 Å². The summed E-state index contributed by atoms with van der Waals surface area (Å²) in [4.78, 5) is 18.1. The largest absolute Gasteiger partial charge is 0.392 e. The molecule has 0 bridgehead atoms. The van der Waals surface area contributed by atoms with Gasteiger partial charge < -0.3 is 15.3 Å². The summed E-state index contributed by atoms with van der Waals surface area (Å²) < 4.78 is 0. The summed E-state index contributed by atoms with van der Waals surface area (Å²) in [6, 6.07) is 3.59. The first-order valence-corrected chi connectivity index (χ1v) is 6.25. The second-order valence-corrected chi connectivity index (χ2v) is 4.14. The molecule has 0 aliphatic carbocycles. The van der Waals surface area contributed by atoms with Crippen LogP contribution in [-0.2, 0) is 0 Å². The summed E-state index contributed by atoms with van der Waals surface area (Å²) in [6.07, 6.45) is 1.02. The highest BCUT2D eigenvalue weighted by atomic mass is 16.3. The first-order chi connectivity index (χ1) is 8.58. The molecule has 0 aliphatic heterocycles. The quantitative estimate of drug-likeness (QED) is 0.793. The van der Waals surface area contributed by atoms with Gasteiger partial charge in [0.25, 0.3) is 5.91 Å². The lowest BCUT2D eigenvalue weighted by Gasteiger charge is -2.19. The van der Waals surface area contributed by atoms with Gasteiger partial charge >= 0.3 is 0 Å². The predicted molar refractivity (Wildman–Crippen MR) is 71.8 cm³/mol. The first-order valence-electron chi connectivity index (χ1n) is 6.25. The third kappa shape index (κ3) is 4.00. The molecule has 1 aromatic rings. The van der Waals surface area contributed by atoms with E-state index >= 15 is 0 Å². The molecule has 0 saturated heterocycles. The smallest absolute Gasteiger partial charge is 0.252 e. The van der Waals surface area contributed by atoms with Gasteiger partial charge in [0.1, 0.15) is 5.82 Å². The first kappa shape index (κ1) is 14.4. The molecule has 18 heavy (non-hydrogen) atoms. The minimum Gasteiger partial charge on any atom is -0.392 e. The van der Waals surface area contributed by atoms with Gasteiger partial charge in [-0.05, 0) is 32.9 Å². The predicted octanol–water partition coefficient (Wildman–Crippen LogP) is 1.04. The Labute approximate surface area is 108 Å². The summed E-state index contributed by atoms with van der Waals surface area (Å²) in [6.45, 7) is 7.77. The van der Waals surface area contributed by atoms with Crippen LogP contribution in [0.4, 0.5) is 5.82 Å². The molecular formula is C13H21N3O2. The lowest BCUT2D eigenvalue weighted by atomic mass is 10.2. The number of aromatic nitrogens is 1. The Morgan fingerprint density at radius 3 is 2.56 bits per heavy atom. The zero-order valence-corrected chi connectivity index (χ0v) is 11.2. The second kappa shape index (κ2) is 6.96. The molecule has 0 aliphatic rings. The van der Waals surface area contributed by atoms with E-state index in [-0.39, 0.29) is 12.5 Å². The van der Waals surface area contributed by atoms with Crippen LogP contribution in [0.2, 0.25) is 0 Å². The molecule has 0 saturated carbocycles. The van der Waals surface area contributed by atoms with E-state index in [1.54, 1.807) is 19.2 Å². The Morgan fingerprint density at radius 2 is 2.11 bits per heavy atom. The highest BCUT2D eigenvalue weighted by molar-refractivity contribution is 5.94. The van der Waals surface area contributed by atoms with Crippen LogP contribution in [0.1, 0.15) is 31.1 Å². The number of hydrogen-bond acceptors (Lipinski definition) is 4. The Hall–Kier alpha value is -1.62. The van der Waals surface area contributed by atoms with E-state index in [1.165, 1.54) is 0 Å². The van der Waals surface area contributed by atoms with Crippen LogP contribution in [0.15, 0.2) is 18.3 Å². The lowest BCUT2D eigenvalue weighted by molar-refractivity contribution is 0.0923. The molecule has 1 unspecified atom stereocenters. The van der Waals surface area contributed by atoms with Crippen molar-refractivity contribution in [2.24, 2.45) is 0 Å². The number of carbonyl (C=O) groups excluding carboxylic acids is 1. The number of anilines is 1. The molecule has 1 aromatic heterocycles. The SMILES string of the molecule is CCN(CC)c1ccc(C(=O)NCC(C)O)cn1. The number of nitrogens with zero attached hydrogens (tertiary/aromatic N) is 2. The van der Waals surface area contributed by atoms with Crippen molar-refractivity contribution in [2.45, 2.75) is 26.9 Å². The summed E-state index contributed by atoms with van der Waals surface area (Å²) in [5.74, 6) is 0.654. The summed E-state index contributed by atoms with van der Waals surface area (Å²) in [5, 5.41) is 11.7. The van der Waals surface area contributed by atoms with Crippen LogP contribution in [0.5, 0.6) is 0 Å². The molecule has 1 atom stereocenters. The Kier molecular flexibility index (Phi) is 5.58. The van der Waals surface area contributed by atoms with Crippen LogP contribution in [0.25, 0.3) is 0 Å². The van der Waals surface area contributed by atoms with Crippen LogP contribution >= 0.6 is 0 Å². The van der Waals surface area contributed by atoms with Crippen molar-refractivity contribution in [2.75, 3.05) is 24.5 Å². The van der Waals surface area contributed by atoms with E-state index in [0.717, 1.165) is 18.9 Å². The topological polar surface area (TPSA) is 65.5 Å². The van der Waals surface area contributed by atoms with E-state index in [4.69, 9.17) is 5.11 Å². The lowest BCUT2D eigenvalue weighted by Crippen LogP contribution is -2.30. The second-order valence-electron chi connectivity index (χ2n) is 4.14. The summed E-state index contributed by atoms with van der Waals surface area (Å²) in [5.41, 5.74) is 0.506. The molecule has 5 nitrogen and oxygen atoms in total. The van der Waals surface area contributed by atoms with Gasteiger partial charge in [-0.3, -0.25) is 4.79 Å². The minimum absolute atomic E-state index is 0.213. The number of hydrogen-bond donors (Lipinski definition) is 2. The molecule has 5 heteroatoms. The van der Waals surface area contributed by atoms with Crippen LogP contribution in [0, 0.1) is 0 Å². The van der Waals surface area contributed by atoms with Gasteiger partial charge in [0.05, 0.1) is 11.7 Å². The number of rotatable bonds is 6. The van der Waals surface area contributed by atoms with Crippen LogP contribution in [-0.4, -0.2) is 41.7 Å². The Bertz CT molecular complexity index is 372. The zero-order chi connectivity index (χ0) is 13.5. The summed E-state index contributed by atoms with van der Waals surface area (Å²) in [7, 11) is 0. The molecule has 1 rings (SSSR count). The standard InChI is InChI=1S/C13H21N3O2/c1-4-16(5-2)12-7-6-11(9-14-12)13(18)15-8-10(3)17/h6-7,9-10,17H,4-5,8H2,1-3H3,(H,15,18). The number of amides is 1. The van der Waals surface area contributed by atoms with Crippen LogP contribution < -0.4 is 10.2 Å². The maximum atomic E-state index is 11.7. The fraction of sp³-hybridized carbons (Fsp3) is 0.538. The molecule has 2 N–H and O–H groups in total. The van der Waals surface area contributed by atoms with Crippen molar-refractivity contribution >= 4 is 11.7 Å². The third-order valence-corrected chi connectivity index (χ3v) is 2.66. The molecular weight excluding hydrogens is 230 g/mol. The van der Waals surface area contributed by atoms with E-state index in [2.05, 4.69) is 29.0 Å². The highest BCUT2D eigenvalue weighted by Crippen LogP contribution is 2.10. The van der Waals surface area contributed by atoms with E-state index < -0.39 is 6.10 Å². The van der Waals surface area contributed by atoms with Crippen molar-refractivity contribution < 1.29 is 9.90 Å². The maximum absolute atomic E-state index is 11.7. The fourth-order valence-corrected chi connectivity index (χ4v) is 1.60. The number of aliphatic hydroxyl groups excluding tert-OH is 1. The van der Waals surface area contributed by atoms with Gasteiger partial charge in [-0.15, -0.1) is 0 Å².